The molecule has 1 aromatic rings. The second kappa shape index (κ2) is 4.95. The van der Waals surface area contributed by atoms with E-state index in [9.17, 15) is 9.18 Å². The summed E-state index contributed by atoms with van der Waals surface area (Å²) in [6.45, 7) is 1.30. The van der Waals surface area contributed by atoms with Crippen molar-refractivity contribution in [2.45, 2.75) is 13.0 Å². The lowest BCUT2D eigenvalue weighted by Gasteiger charge is -2.22. The summed E-state index contributed by atoms with van der Waals surface area (Å²) in [7, 11) is 1.43. The molecule has 1 unspecified atom stereocenters. The van der Waals surface area contributed by atoms with E-state index >= 15 is 0 Å². The van der Waals surface area contributed by atoms with E-state index in [2.05, 4.69) is 0 Å². The van der Waals surface area contributed by atoms with E-state index in [4.69, 9.17) is 16.9 Å². The largest absolute Gasteiger partial charge is 0.326 e. The first-order chi connectivity index (χ1) is 7.49. The van der Waals surface area contributed by atoms with Crippen LogP contribution in [0.5, 0.6) is 0 Å². The van der Waals surface area contributed by atoms with Gasteiger partial charge in [-0.15, -0.1) is 0 Å². The predicted molar refractivity (Wildman–Crippen MR) is 58.2 cm³/mol. The summed E-state index contributed by atoms with van der Waals surface area (Å²) in [5, 5.41) is 9.12. The number of nitrogens with zero attached hydrogens (tertiary/aromatic N) is 2. The molecule has 84 valence electrons. The predicted octanol–water partition coefficient (Wildman–Crippen LogP) is 2.52. The van der Waals surface area contributed by atoms with E-state index in [-0.39, 0.29) is 16.5 Å². The molecule has 16 heavy (non-hydrogen) atoms. The molecule has 0 aliphatic heterocycles. The van der Waals surface area contributed by atoms with Crippen LogP contribution < -0.4 is 0 Å². The maximum absolute atomic E-state index is 13.5. The monoisotopic (exact) mass is 240 g/mol. The average molecular weight is 241 g/mol. The summed E-state index contributed by atoms with van der Waals surface area (Å²) < 4.78 is 13.5. The lowest BCUT2D eigenvalue weighted by atomic mass is 10.1. The maximum atomic E-state index is 13.5. The number of rotatable bonds is 2. The van der Waals surface area contributed by atoms with Gasteiger partial charge in [0, 0.05) is 24.6 Å². The Labute approximate surface area is 98.0 Å². The van der Waals surface area contributed by atoms with Gasteiger partial charge in [0.05, 0.1) is 6.07 Å². The fourth-order valence-corrected chi connectivity index (χ4v) is 1.56. The molecule has 0 heterocycles. The standard InChI is InChI=1S/C11H10ClFN2O/c1-7(16)15(2)10(6-14)11-8(12)4-3-5-9(11)13/h3-5,10H,1-2H3. The Morgan fingerprint density at radius 1 is 1.62 bits per heavy atom. The number of benzene rings is 1. The van der Waals surface area contributed by atoms with Gasteiger partial charge < -0.3 is 4.90 Å². The fourth-order valence-electron chi connectivity index (χ4n) is 1.30. The van der Waals surface area contributed by atoms with Crippen LogP contribution in [0.15, 0.2) is 18.2 Å². The van der Waals surface area contributed by atoms with Crippen LogP contribution in [0, 0.1) is 17.1 Å². The zero-order chi connectivity index (χ0) is 12.3. The molecule has 0 aromatic heterocycles. The van der Waals surface area contributed by atoms with Crippen molar-refractivity contribution in [2.24, 2.45) is 0 Å². The smallest absolute Gasteiger partial charge is 0.220 e. The summed E-state index contributed by atoms with van der Waals surface area (Å²) in [6.07, 6.45) is 0. The summed E-state index contributed by atoms with van der Waals surface area (Å²) in [5.41, 5.74) is 0.0318. The van der Waals surface area contributed by atoms with Crippen molar-refractivity contribution in [3.63, 3.8) is 0 Å². The molecule has 0 radical (unpaired) electrons. The van der Waals surface area contributed by atoms with Gasteiger partial charge in [0.2, 0.25) is 5.91 Å². The van der Waals surface area contributed by atoms with Gasteiger partial charge in [0.1, 0.15) is 11.9 Å². The van der Waals surface area contributed by atoms with Gasteiger partial charge in [-0.3, -0.25) is 4.79 Å². The second-order valence-corrected chi connectivity index (χ2v) is 3.70. The molecular formula is C11H10ClFN2O. The zero-order valence-corrected chi connectivity index (χ0v) is 9.62. The number of hydrogen-bond acceptors (Lipinski definition) is 2. The Morgan fingerprint density at radius 3 is 2.69 bits per heavy atom. The quantitative estimate of drug-likeness (QED) is 0.797. The average Bonchev–Trinajstić information content (AvgIpc) is 2.22. The van der Waals surface area contributed by atoms with Crippen LogP contribution >= 0.6 is 11.6 Å². The van der Waals surface area contributed by atoms with Crippen LogP contribution in [0.1, 0.15) is 18.5 Å². The first-order valence-corrected chi connectivity index (χ1v) is 4.93. The topological polar surface area (TPSA) is 44.1 Å². The van der Waals surface area contributed by atoms with Crippen molar-refractivity contribution < 1.29 is 9.18 Å². The van der Waals surface area contributed by atoms with Gasteiger partial charge in [-0.2, -0.15) is 5.26 Å². The van der Waals surface area contributed by atoms with Crippen molar-refractivity contribution in [2.75, 3.05) is 7.05 Å². The summed E-state index contributed by atoms with van der Waals surface area (Å²) in [5.74, 6) is -0.919. The molecule has 0 saturated heterocycles. The van der Waals surface area contributed by atoms with E-state index < -0.39 is 11.9 Å². The van der Waals surface area contributed by atoms with E-state index in [0.29, 0.717) is 0 Å². The molecule has 3 nitrogen and oxygen atoms in total. The molecule has 1 atom stereocenters. The molecule has 0 aliphatic rings. The summed E-state index contributed by atoms with van der Waals surface area (Å²) in [6, 6.07) is 4.99. The number of hydrogen-bond donors (Lipinski definition) is 0. The minimum absolute atomic E-state index is 0.0318. The lowest BCUT2D eigenvalue weighted by molar-refractivity contribution is -0.128. The zero-order valence-electron chi connectivity index (χ0n) is 8.87. The molecular weight excluding hydrogens is 231 g/mol. The van der Waals surface area contributed by atoms with Crippen molar-refractivity contribution in [1.29, 1.82) is 5.26 Å². The minimum Gasteiger partial charge on any atom is -0.326 e. The highest BCUT2D eigenvalue weighted by molar-refractivity contribution is 6.31. The Balaban J connectivity index is 3.25. The molecule has 1 rings (SSSR count). The number of amides is 1. The third-order valence-electron chi connectivity index (χ3n) is 2.28. The first-order valence-electron chi connectivity index (χ1n) is 4.56. The van der Waals surface area contributed by atoms with Gasteiger partial charge >= 0.3 is 0 Å². The Morgan fingerprint density at radius 2 is 2.25 bits per heavy atom. The number of carbonyl (C=O) groups is 1. The van der Waals surface area contributed by atoms with Crippen molar-refractivity contribution in [3.8, 4) is 6.07 Å². The van der Waals surface area contributed by atoms with Gasteiger partial charge in [-0.05, 0) is 12.1 Å². The number of halogens is 2. The van der Waals surface area contributed by atoms with Crippen molar-refractivity contribution in [3.05, 3.63) is 34.6 Å². The summed E-state index contributed by atoms with van der Waals surface area (Å²) >= 11 is 5.82. The Kier molecular flexibility index (Phi) is 3.86. The van der Waals surface area contributed by atoms with Crippen LogP contribution in [0.25, 0.3) is 0 Å². The van der Waals surface area contributed by atoms with Gasteiger partial charge in [-0.1, -0.05) is 17.7 Å². The van der Waals surface area contributed by atoms with E-state index in [1.54, 1.807) is 0 Å². The molecule has 0 aliphatic carbocycles. The van der Waals surface area contributed by atoms with Crippen LogP contribution in [-0.2, 0) is 4.79 Å². The molecule has 0 fully saturated rings. The first kappa shape index (κ1) is 12.5. The van der Waals surface area contributed by atoms with E-state index in [1.165, 1.54) is 32.2 Å². The van der Waals surface area contributed by atoms with Gasteiger partial charge in [0.25, 0.3) is 0 Å². The summed E-state index contributed by atoms with van der Waals surface area (Å²) in [4.78, 5) is 12.3. The molecule has 1 amide bonds. The van der Waals surface area contributed by atoms with Gasteiger partial charge in [0.15, 0.2) is 0 Å². The second-order valence-electron chi connectivity index (χ2n) is 3.30. The third-order valence-corrected chi connectivity index (χ3v) is 2.61. The van der Waals surface area contributed by atoms with E-state index in [1.807, 2.05) is 6.07 Å². The fraction of sp³-hybridized carbons (Fsp3) is 0.273. The van der Waals surface area contributed by atoms with Crippen molar-refractivity contribution in [1.82, 2.24) is 4.90 Å². The van der Waals surface area contributed by atoms with Crippen LogP contribution in [-0.4, -0.2) is 17.9 Å². The molecule has 5 heteroatoms. The van der Waals surface area contributed by atoms with Crippen LogP contribution in [0.3, 0.4) is 0 Å². The highest BCUT2D eigenvalue weighted by atomic mass is 35.5. The molecule has 1 aromatic carbocycles. The molecule has 0 spiro atoms. The maximum Gasteiger partial charge on any atom is 0.220 e. The Hall–Kier alpha value is -1.60. The van der Waals surface area contributed by atoms with Crippen LogP contribution in [0.2, 0.25) is 5.02 Å². The highest BCUT2D eigenvalue weighted by Gasteiger charge is 2.24. The molecule has 0 saturated carbocycles. The van der Waals surface area contributed by atoms with Crippen molar-refractivity contribution >= 4 is 17.5 Å². The number of carbonyl (C=O) groups excluding carboxylic acids is 1. The highest BCUT2D eigenvalue weighted by Crippen LogP contribution is 2.28. The van der Waals surface area contributed by atoms with Crippen LogP contribution in [0.4, 0.5) is 4.39 Å². The van der Waals surface area contributed by atoms with Gasteiger partial charge in [-0.25, -0.2) is 4.39 Å². The van der Waals surface area contributed by atoms with E-state index in [0.717, 1.165) is 4.90 Å². The normalized spacial score (nSPS) is 11.7. The SMILES string of the molecule is CC(=O)N(C)C(C#N)c1c(F)cccc1Cl. The Bertz CT molecular complexity index is 436. The third kappa shape index (κ3) is 2.31. The molecule has 0 bridgehead atoms. The number of nitriles is 1. The lowest BCUT2D eigenvalue weighted by Crippen LogP contribution is -2.29. The molecule has 0 N–H and O–H groups in total. The minimum atomic E-state index is -1.01.